The maximum atomic E-state index is 14.0. The molecule has 1 aliphatic carbocycles. The number of nitrogens with zero attached hydrogens (tertiary/aromatic N) is 1. The Hall–Kier alpha value is -1.62. The smallest absolute Gasteiger partial charge is 0.173 e. The monoisotopic (exact) mass is 251 g/mol. The highest BCUT2D eigenvalue weighted by Crippen LogP contribution is 2.36. The molecule has 1 aromatic rings. The van der Waals surface area contributed by atoms with Crippen molar-refractivity contribution < 1.29 is 9.60 Å². The lowest BCUT2D eigenvalue weighted by molar-refractivity contribution is 0.318. The van der Waals surface area contributed by atoms with Crippen molar-refractivity contribution in [2.24, 2.45) is 22.7 Å². The third-order valence-corrected chi connectivity index (χ3v) is 3.46. The molecule has 1 saturated carbocycles. The van der Waals surface area contributed by atoms with Crippen molar-refractivity contribution in [3.8, 4) is 0 Å². The summed E-state index contributed by atoms with van der Waals surface area (Å²) in [5.74, 6) is 0.875. The molecule has 1 aromatic carbocycles. The van der Waals surface area contributed by atoms with E-state index in [4.69, 9.17) is 10.9 Å². The summed E-state index contributed by atoms with van der Waals surface area (Å²) in [4.78, 5) is 0. The number of rotatable bonds is 5. The van der Waals surface area contributed by atoms with Crippen molar-refractivity contribution in [2.75, 3.05) is 6.54 Å². The number of halogens is 1. The molecule has 0 amide bonds. The summed E-state index contributed by atoms with van der Waals surface area (Å²) in [6, 6.07) is 4.90. The summed E-state index contributed by atoms with van der Waals surface area (Å²) in [7, 11) is 0. The van der Waals surface area contributed by atoms with Crippen LogP contribution >= 0.6 is 0 Å². The van der Waals surface area contributed by atoms with Crippen molar-refractivity contribution in [3.05, 3.63) is 35.1 Å². The third-order valence-electron chi connectivity index (χ3n) is 3.46. The van der Waals surface area contributed by atoms with Crippen LogP contribution in [0.2, 0.25) is 0 Å². The second kappa shape index (κ2) is 5.35. The first-order valence-corrected chi connectivity index (χ1v) is 6.09. The van der Waals surface area contributed by atoms with Crippen molar-refractivity contribution in [1.29, 1.82) is 0 Å². The Kier molecular flexibility index (Phi) is 3.81. The quantitative estimate of drug-likeness (QED) is 0.322. The molecule has 0 bridgehead atoms. The molecule has 4 N–H and O–H groups in total. The third kappa shape index (κ3) is 2.79. The number of hydrogen-bond donors (Lipinski definition) is 3. The van der Waals surface area contributed by atoms with Gasteiger partial charge in [0, 0.05) is 12.1 Å². The lowest BCUT2D eigenvalue weighted by Crippen LogP contribution is -2.20. The standard InChI is InChI=1S/C13H18FN3O/c1-8-5-10(8)7-16-6-9-3-2-4-11(12(9)14)13(15)17-18/h2-4,8,10,16,18H,5-7H2,1H3,(H2,15,17). The van der Waals surface area contributed by atoms with Crippen LogP contribution in [0.1, 0.15) is 24.5 Å². The molecule has 1 fully saturated rings. The van der Waals surface area contributed by atoms with Crippen molar-refractivity contribution in [1.82, 2.24) is 5.32 Å². The molecule has 2 unspecified atom stereocenters. The zero-order valence-corrected chi connectivity index (χ0v) is 10.4. The Morgan fingerprint density at radius 3 is 2.94 bits per heavy atom. The van der Waals surface area contributed by atoms with E-state index in [1.165, 1.54) is 12.5 Å². The minimum Gasteiger partial charge on any atom is -0.409 e. The maximum absolute atomic E-state index is 14.0. The van der Waals surface area contributed by atoms with Crippen LogP contribution in [0.15, 0.2) is 23.4 Å². The molecule has 2 rings (SSSR count). The first-order chi connectivity index (χ1) is 8.63. The Bertz CT molecular complexity index is 462. The second-order valence-electron chi connectivity index (χ2n) is 4.87. The van der Waals surface area contributed by atoms with Gasteiger partial charge in [0.1, 0.15) is 5.82 Å². The fourth-order valence-electron chi connectivity index (χ4n) is 2.04. The number of hydrogen-bond acceptors (Lipinski definition) is 3. The number of oxime groups is 1. The van der Waals surface area contributed by atoms with Gasteiger partial charge in [0.05, 0.1) is 5.56 Å². The lowest BCUT2D eigenvalue weighted by atomic mass is 10.1. The molecule has 2 atom stereocenters. The van der Waals surface area contributed by atoms with Crippen molar-refractivity contribution >= 4 is 5.84 Å². The fraction of sp³-hybridized carbons (Fsp3) is 0.462. The van der Waals surface area contributed by atoms with E-state index >= 15 is 0 Å². The number of nitrogens with one attached hydrogen (secondary N) is 1. The van der Waals surface area contributed by atoms with E-state index in [-0.39, 0.29) is 11.4 Å². The summed E-state index contributed by atoms with van der Waals surface area (Å²) in [5, 5.41) is 14.6. The van der Waals surface area contributed by atoms with Gasteiger partial charge in [0.2, 0.25) is 0 Å². The molecular formula is C13H18FN3O. The zero-order valence-electron chi connectivity index (χ0n) is 10.4. The molecular weight excluding hydrogens is 233 g/mol. The predicted molar refractivity (Wildman–Crippen MR) is 67.9 cm³/mol. The molecule has 0 radical (unpaired) electrons. The van der Waals surface area contributed by atoms with E-state index in [0.717, 1.165) is 18.4 Å². The number of nitrogens with two attached hydrogens (primary N) is 1. The Morgan fingerprint density at radius 2 is 2.33 bits per heavy atom. The van der Waals surface area contributed by atoms with E-state index in [1.54, 1.807) is 12.1 Å². The van der Waals surface area contributed by atoms with Crippen LogP contribution in [0.4, 0.5) is 4.39 Å². The minimum absolute atomic E-state index is 0.136. The first-order valence-electron chi connectivity index (χ1n) is 6.09. The average molecular weight is 251 g/mol. The SMILES string of the molecule is CC1CC1CNCc1cccc(/C(N)=N/O)c1F. The Labute approximate surface area is 106 Å². The van der Waals surface area contributed by atoms with Crippen molar-refractivity contribution in [2.45, 2.75) is 19.9 Å². The van der Waals surface area contributed by atoms with E-state index in [1.807, 2.05) is 0 Å². The fourth-order valence-corrected chi connectivity index (χ4v) is 2.04. The molecule has 98 valence electrons. The van der Waals surface area contributed by atoms with Gasteiger partial charge in [-0.1, -0.05) is 24.2 Å². The molecule has 0 heterocycles. The normalized spacial score (nSPS) is 23.1. The van der Waals surface area contributed by atoms with Crippen molar-refractivity contribution in [3.63, 3.8) is 0 Å². The zero-order chi connectivity index (χ0) is 13.1. The molecule has 0 spiro atoms. The molecule has 18 heavy (non-hydrogen) atoms. The van der Waals surface area contributed by atoms with Gasteiger partial charge in [-0.3, -0.25) is 0 Å². The van der Waals surface area contributed by atoms with Crippen LogP contribution in [0.25, 0.3) is 0 Å². The second-order valence-corrected chi connectivity index (χ2v) is 4.87. The van der Waals surface area contributed by atoms with Crippen LogP contribution in [0.5, 0.6) is 0 Å². The van der Waals surface area contributed by atoms with Gasteiger partial charge in [-0.05, 0) is 30.9 Å². The maximum Gasteiger partial charge on any atom is 0.173 e. The van der Waals surface area contributed by atoms with E-state index < -0.39 is 5.82 Å². The van der Waals surface area contributed by atoms with Gasteiger partial charge in [0.15, 0.2) is 5.84 Å². The highest BCUT2D eigenvalue weighted by Gasteiger charge is 2.31. The van der Waals surface area contributed by atoms with Crippen LogP contribution < -0.4 is 11.1 Å². The van der Waals surface area contributed by atoms with Gasteiger partial charge in [-0.15, -0.1) is 0 Å². The number of benzene rings is 1. The Morgan fingerprint density at radius 1 is 1.61 bits per heavy atom. The summed E-state index contributed by atoms with van der Waals surface area (Å²) >= 11 is 0. The van der Waals surface area contributed by atoms with Gasteiger partial charge >= 0.3 is 0 Å². The van der Waals surface area contributed by atoms with Gasteiger partial charge in [0.25, 0.3) is 0 Å². The molecule has 4 nitrogen and oxygen atoms in total. The van der Waals surface area contributed by atoms with Gasteiger partial charge < -0.3 is 16.3 Å². The van der Waals surface area contributed by atoms with E-state index in [9.17, 15) is 4.39 Å². The molecule has 5 heteroatoms. The lowest BCUT2D eigenvalue weighted by Gasteiger charge is -2.08. The molecule has 0 saturated heterocycles. The van der Waals surface area contributed by atoms with Gasteiger partial charge in [-0.2, -0.15) is 0 Å². The largest absolute Gasteiger partial charge is 0.409 e. The molecule has 0 aromatic heterocycles. The average Bonchev–Trinajstić information content (AvgIpc) is 3.06. The Balaban J connectivity index is 1.99. The topological polar surface area (TPSA) is 70.6 Å². The van der Waals surface area contributed by atoms with Crippen LogP contribution in [0.3, 0.4) is 0 Å². The summed E-state index contributed by atoms with van der Waals surface area (Å²) in [6.45, 7) is 3.59. The first kappa shape index (κ1) is 12.8. The summed E-state index contributed by atoms with van der Waals surface area (Å²) < 4.78 is 14.0. The predicted octanol–water partition coefficient (Wildman–Crippen LogP) is 1.67. The van der Waals surface area contributed by atoms with Crippen LogP contribution in [-0.4, -0.2) is 17.6 Å². The highest BCUT2D eigenvalue weighted by molar-refractivity contribution is 5.97. The molecule has 0 aliphatic heterocycles. The van der Waals surface area contributed by atoms with E-state index in [0.29, 0.717) is 12.1 Å². The summed E-state index contributed by atoms with van der Waals surface area (Å²) in [6.07, 6.45) is 1.25. The minimum atomic E-state index is -0.427. The van der Waals surface area contributed by atoms with Crippen LogP contribution in [0, 0.1) is 17.7 Å². The highest BCUT2D eigenvalue weighted by atomic mass is 19.1. The molecule has 1 aliphatic rings. The van der Waals surface area contributed by atoms with Gasteiger partial charge in [-0.25, -0.2) is 4.39 Å². The number of amidine groups is 1. The van der Waals surface area contributed by atoms with Crippen LogP contribution in [-0.2, 0) is 6.54 Å². The van der Waals surface area contributed by atoms with E-state index in [2.05, 4.69) is 17.4 Å². The summed E-state index contributed by atoms with van der Waals surface area (Å²) in [5.41, 5.74) is 6.08.